The molecule has 1 aromatic carbocycles. The Balaban J connectivity index is 1.79. The highest BCUT2D eigenvalue weighted by Crippen LogP contribution is 2.34. The van der Waals surface area contributed by atoms with Crippen molar-refractivity contribution in [2.75, 3.05) is 0 Å². The fourth-order valence-corrected chi connectivity index (χ4v) is 4.34. The Morgan fingerprint density at radius 1 is 1.14 bits per heavy atom. The van der Waals surface area contributed by atoms with Gasteiger partial charge in [-0.15, -0.1) is 0 Å². The van der Waals surface area contributed by atoms with Gasteiger partial charge in [-0.2, -0.15) is 9.19 Å². The zero-order chi connectivity index (χ0) is 14.6. The molecular weight excluding hydrogens is 288 g/mol. The molecule has 1 aromatic heterocycles. The van der Waals surface area contributed by atoms with Gasteiger partial charge < -0.3 is 0 Å². The van der Waals surface area contributed by atoms with Crippen molar-refractivity contribution in [3.8, 4) is 11.1 Å². The lowest BCUT2D eigenvalue weighted by atomic mass is 9.99. The second-order valence-corrected chi connectivity index (χ2v) is 7.67. The van der Waals surface area contributed by atoms with Crippen LogP contribution in [0.5, 0.6) is 0 Å². The summed E-state index contributed by atoms with van der Waals surface area (Å²) in [5.74, 6) is 0.157. The maximum atomic E-state index is 12.2. The molecule has 21 heavy (non-hydrogen) atoms. The average Bonchev–Trinajstić information content (AvgIpc) is 3.11. The number of hydrogen-bond acceptors (Lipinski definition) is 4. The van der Waals surface area contributed by atoms with Crippen LogP contribution in [0.4, 0.5) is 0 Å². The third kappa shape index (κ3) is 1.93. The highest BCUT2D eigenvalue weighted by atomic mass is 32.2. The summed E-state index contributed by atoms with van der Waals surface area (Å²) in [5.41, 5.74) is 3.43. The molecule has 2 aromatic rings. The standard InChI is InChI=1S/C15H14N2O3S/c18-15-7-6-13-12(2-1-3-14(13)15)10-8-16-17(9-10)21(19,20)11-4-5-11/h1-3,8-9,11H,4-7H2. The molecule has 0 unspecified atom stereocenters. The minimum atomic E-state index is -3.34. The van der Waals surface area contributed by atoms with Gasteiger partial charge in [-0.1, -0.05) is 18.2 Å². The Morgan fingerprint density at radius 2 is 1.90 bits per heavy atom. The Labute approximate surface area is 122 Å². The number of benzene rings is 1. The van der Waals surface area contributed by atoms with Crippen molar-refractivity contribution in [1.29, 1.82) is 0 Å². The lowest BCUT2D eigenvalue weighted by Gasteiger charge is -2.05. The van der Waals surface area contributed by atoms with E-state index < -0.39 is 10.0 Å². The molecule has 0 bridgehead atoms. The maximum absolute atomic E-state index is 12.2. The normalized spacial score (nSPS) is 18.0. The highest BCUT2D eigenvalue weighted by Gasteiger charge is 2.37. The molecule has 0 atom stereocenters. The van der Waals surface area contributed by atoms with Crippen LogP contribution >= 0.6 is 0 Å². The van der Waals surface area contributed by atoms with E-state index in [1.165, 1.54) is 0 Å². The van der Waals surface area contributed by atoms with Crippen LogP contribution in [-0.4, -0.2) is 28.6 Å². The first-order valence-corrected chi connectivity index (χ1v) is 8.52. The lowest BCUT2D eigenvalue weighted by molar-refractivity contribution is 0.0994. The number of ketones is 1. The number of fused-ring (bicyclic) bond motifs is 1. The molecule has 6 heteroatoms. The van der Waals surface area contributed by atoms with E-state index in [0.717, 1.165) is 26.3 Å². The maximum Gasteiger partial charge on any atom is 0.256 e. The fraction of sp³-hybridized carbons (Fsp3) is 0.333. The molecular formula is C15H14N2O3S. The van der Waals surface area contributed by atoms with Gasteiger partial charge >= 0.3 is 0 Å². The van der Waals surface area contributed by atoms with Gasteiger partial charge in [-0.3, -0.25) is 4.79 Å². The van der Waals surface area contributed by atoms with E-state index in [1.807, 2.05) is 18.2 Å². The number of carbonyl (C=O) groups excluding carboxylic acids is 1. The summed E-state index contributed by atoms with van der Waals surface area (Å²) in [6.07, 6.45) is 5.80. The van der Waals surface area contributed by atoms with E-state index >= 15 is 0 Å². The molecule has 5 nitrogen and oxygen atoms in total. The molecule has 2 aliphatic carbocycles. The lowest BCUT2D eigenvalue weighted by Crippen LogP contribution is -2.17. The van der Waals surface area contributed by atoms with Crippen LogP contribution in [0.1, 0.15) is 35.2 Å². The van der Waals surface area contributed by atoms with Crippen LogP contribution < -0.4 is 0 Å². The molecule has 0 radical (unpaired) electrons. The predicted molar refractivity (Wildman–Crippen MR) is 77.7 cm³/mol. The second kappa shape index (κ2) is 4.27. The van der Waals surface area contributed by atoms with Crippen LogP contribution in [0.25, 0.3) is 11.1 Å². The third-order valence-corrected chi connectivity index (χ3v) is 6.19. The van der Waals surface area contributed by atoms with Crippen molar-refractivity contribution in [2.45, 2.75) is 30.9 Å². The van der Waals surface area contributed by atoms with Crippen molar-refractivity contribution < 1.29 is 13.2 Å². The summed E-state index contributed by atoms with van der Waals surface area (Å²) in [7, 11) is -3.34. The SMILES string of the molecule is O=C1CCc2c1cccc2-c1cnn(S(=O)(=O)C2CC2)c1. The Hall–Kier alpha value is -1.95. The van der Waals surface area contributed by atoms with Gasteiger partial charge in [-0.25, -0.2) is 8.42 Å². The van der Waals surface area contributed by atoms with Crippen LogP contribution in [0, 0.1) is 0 Å². The van der Waals surface area contributed by atoms with Gasteiger partial charge in [-0.05, 0) is 30.4 Å². The van der Waals surface area contributed by atoms with Gasteiger partial charge in [0.1, 0.15) is 0 Å². The van der Waals surface area contributed by atoms with E-state index in [1.54, 1.807) is 12.4 Å². The topological polar surface area (TPSA) is 69.0 Å². The first-order valence-electron chi connectivity index (χ1n) is 7.02. The minimum Gasteiger partial charge on any atom is -0.294 e. The first kappa shape index (κ1) is 12.8. The van der Waals surface area contributed by atoms with Gasteiger partial charge in [0, 0.05) is 17.5 Å². The largest absolute Gasteiger partial charge is 0.294 e. The van der Waals surface area contributed by atoms with E-state index in [0.29, 0.717) is 25.7 Å². The number of carbonyl (C=O) groups is 1. The molecule has 0 spiro atoms. The fourth-order valence-electron chi connectivity index (χ4n) is 2.86. The number of hydrogen-bond donors (Lipinski definition) is 0. The van der Waals surface area contributed by atoms with Crippen molar-refractivity contribution in [3.63, 3.8) is 0 Å². The van der Waals surface area contributed by atoms with E-state index in [9.17, 15) is 13.2 Å². The van der Waals surface area contributed by atoms with Crippen molar-refractivity contribution in [3.05, 3.63) is 41.7 Å². The molecule has 2 aliphatic rings. The first-order chi connectivity index (χ1) is 10.1. The zero-order valence-electron chi connectivity index (χ0n) is 11.3. The van der Waals surface area contributed by atoms with Crippen LogP contribution in [0.3, 0.4) is 0 Å². The van der Waals surface area contributed by atoms with Crippen LogP contribution in [0.2, 0.25) is 0 Å². The van der Waals surface area contributed by atoms with Gasteiger partial charge in [0.05, 0.1) is 17.6 Å². The van der Waals surface area contributed by atoms with E-state index in [4.69, 9.17) is 0 Å². The molecule has 0 saturated heterocycles. The molecule has 108 valence electrons. The summed E-state index contributed by atoms with van der Waals surface area (Å²) >= 11 is 0. The summed E-state index contributed by atoms with van der Waals surface area (Å²) in [6, 6.07) is 5.59. The monoisotopic (exact) mass is 302 g/mol. The molecule has 0 aliphatic heterocycles. The van der Waals surface area contributed by atoms with Crippen LogP contribution in [0.15, 0.2) is 30.6 Å². The molecule has 1 saturated carbocycles. The average molecular weight is 302 g/mol. The molecule has 0 amide bonds. The number of Topliss-reactive ketones (excluding diaryl/α,β-unsaturated/α-hetero) is 1. The zero-order valence-corrected chi connectivity index (χ0v) is 12.1. The smallest absolute Gasteiger partial charge is 0.256 e. The minimum absolute atomic E-state index is 0.157. The van der Waals surface area contributed by atoms with Gasteiger partial charge in [0.25, 0.3) is 10.0 Å². The van der Waals surface area contributed by atoms with Crippen molar-refractivity contribution in [1.82, 2.24) is 9.19 Å². The molecule has 1 fully saturated rings. The van der Waals surface area contributed by atoms with Crippen molar-refractivity contribution >= 4 is 15.8 Å². The molecule has 1 heterocycles. The quantitative estimate of drug-likeness (QED) is 0.870. The molecule has 0 N–H and O–H groups in total. The molecule has 4 rings (SSSR count). The third-order valence-electron chi connectivity index (χ3n) is 4.16. The Bertz CT molecular complexity index is 848. The highest BCUT2D eigenvalue weighted by molar-refractivity contribution is 7.90. The summed E-state index contributed by atoms with van der Waals surface area (Å²) in [5, 5.41) is 3.73. The van der Waals surface area contributed by atoms with Gasteiger partial charge in [0.2, 0.25) is 0 Å². The Morgan fingerprint density at radius 3 is 2.67 bits per heavy atom. The summed E-state index contributed by atoms with van der Waals surface area (Å²) < 4.78 is 25.4. The number of nitrogens with zero attached hydrogens (tertiary/aromatic N) is 2. The summed E-state index contributed by atoms with van der Waals surface area (Å²) in [6.45, 7) is 0. The van der Waals surface area contributed by atoms with E-state index in [2.05, 4.69) is 5.10 Å². The number of rotatable bonds is 3. The predicted octanol–water partition coefficient (Wildman–Crippen LogP) is 2.02. The van der Waals surface area contributed by atoms with Crippen molar-refractivity contribution in [2.24, 2.45) is 0 Å². The second-order valence-electron chi connectivity index (χ2n) is 5.60. The Kier molecular flexibility index (Phi) is 2.60. The van der Waals surface area contributed by atoms with E-state index in [-0.39, 0.29) is 11.0 Å². The number of aromatic nitrogens is 2. The van der Waals surface area contributed by atoms with Crippen LogP contribution in [-0.2, 0) is 16.4 Å². The summed E-state index contributed by atoms with van der Waals surface area (Å²) in [4.78, 5) is 11.8. The van der Waals surface area contributed by atoms with Gasteiger partial charge in [0.15, 0.2) is 5.78 Å².